The zero-order valence-electron chi connectivity index (χ0n) is 16.7. The summed E-state index contributed by atoms with van der Waals surface area (Å²) in [5, 5.41) is 12.9. The fourth-order valence-corrected chi connectivity index (χ4v) is 3.35. The van der Waals surface area contributed by atoms with Gasteiger partial charge in [0.25, 0.3) is 0 Å². The third-order valence-corrected chi connectivity index (χ3v) is 4.94. The van der Waals surface area contributed by atoms with E-state index in [-0.39, 0.29) is 24.0 Å². The lowest BCUT2D eigenvalue weighted by Crippen LogP contribution is -2.14. The first kappa shape index (κ1) is 20.6. The molecule has 156 valence electrons. The maximum atomic E-state index is 12.7. The number of amides is 1. The molecule has 0 spiro atoms. The number of benzene rings is 3. The van der Waals surface area contributed by atoms with Gasteiger partial charge in [-0.25, -0.2) is 4.98 Å². The van der Waals surface area contributed by atoms with Crippen LogP contribution in [0.25, 0.3) is 22.7 Å². The number of phenolic OH excluding ortho intramolecular Hbond substituents is 1. The zero-order chi connectivity index (χ0) is 21.8. The fraction of sp³-hybridized carbons (Fsp3) is 0.0833. The van der Waals surface area contributed by atoms with Crippen LogP contribution in [0.3, 0.4) is 0 Å². The predicted molar refractivity (Wildman–Crippen MR) is 122 cm³/mol. The molecule has 0 atom stereocenters. The maximum absolute atomic E-state index is 12.7. The molecule has 1 amide bonds. The molecule has 0 unspecified atom stereocenters. The third-order valence-electron chi connectivity index (χ3n) is 4.66. The Morgan fingerprint density at radius 2 is 1.84 bits per heavy atom. The molecule has 0 radical (unpaired) electrons. The molecule has 0 fully saturated rings. The van der Waals surface area contributed by atoms with Crippen molar-refractivity contribution >= 4 is 24.4 Å². The Morgan fingerprint density at radius 1 is 1.06 bits per heavy atom. The molecule has 1 aromatic heterocycles. The molecular weight excluding hydrogens is 412 g/mol. The van der Waals surface area contributed by atoms with Crippen LogP contribution in [0.1, 0.15) is 5.56 Å². The summed E-state index contributed by atoms with van der Waals surface area (Å²) >= 11 is 4.40. The van der Waals surface area contributed by atoms with Crippen molar-refractivity contribution < 1.29 is 19.1 Å². The lowest BCUT2D eigenvalue weighted by atomic mass is 10.1. The Bertz CT molecular complexity index is 1220. The summed E-state index contributed by atoms with van der Waals surface area (Å²) in [5.41, 5.74) is 2.53. The Morgan fingerprint density at radius 3 is 2.55 bits per heavy atom. The number of nitrogens with zero attached hydrogens (tertiary/aromatic N) is 1. The number of hydrogen-bond donors (Lipinski definition) is 3. The lowest BCUT2D eigenvalue weighted by molar-refractivity contribution is -0.115. The van der Waals surface area contributed by atoms with Gasteiger partial charge in [0, 0.05) is 27.7 Å². The quantitative estimate of drug-likeness (QED) is 0.365. The maximum Gasteiger partial charge on any atom is 0.231 e. The minimum absolute atomic E-state index is 0.0138. The molecular formula is C24H20N2O4S. The highest BCUT2D eigenvalue weighted by atomic mass is 32.1. The van der Waals surface area contributed by atoms with Crippen molar-refractivity contribution in [1.82, 2.24) is 4.98 Å². The van der Waals surface area contributed by atoms with E-state index in [2.05, 4.69) is 22.9 Å². The highest BCUT2D eigenvalue weighted by molar-refractivity contribution is 7.80. The monoisotopic (exact) mass is 432 g/mol. The predicted octanol–water partition coefficient (Wildman–Crippen LogP) is 5.19. The van der Waals surface area contributed by atoms with Crippen molar-refractivity contribution in [2.24, 2.45) is 0 Å². The Hall–Kier alpha value is -3.71. The highest BCUT2D eigenvalue weighted by Crippen LogP contribution is 2.34. The summed E-state index contributed by atoms with van der Waals surface area (Å²) in [6, 6.07) is 21.7. The molecule has 0 bridgehead atoms. The van der Waals surface area contributed by atoms with Gasteiger partial charge in [0.05, 0.1) is 13.5 Å². The van der Waals surface area contributed by atoms with E-state index in [1.807, 2.05) is 54.6 Å². The second kappa shape index (κ2) is 8.97. The van der Waals surface area contributed by atoms with Gasteiger partial charge >= 0.3 is 0 Å². The summed E-state index contributed by atoms with van der Waals surface area (Å²) in [5.74, 6) is 0.774. The topological polar surface area (TPSA) is 84.6 Å². The number of aromatic hydroxyl groups is 1. The average Bonchev–Trinajstić information content (AvgIpc) is 3.19. The van der Waals surface area contributed by atoms with Crippen molar-refractivity contribution in [3.63, 3.8) is 0 Å². The van der Waals surface area contributed by atoms with Gasteiger partial charge in [0.15, 0.2) is 0 Å². The number of thiol groups is 1. The molecule has 1 heterocycles. The second-order valence-corrected chi connectivity index (χ2v) is 7.35. The molecule has 0 aliphatic heterocycles. The van der Waals surface area contributed by atoms with Crippen LogP contribution in [0.2, 0.25) is 0 Å². The van der Waals surface area contributed by atoms with E-state index in [4.69, 9.17) is 9.15 Å². The van der Waals surface area contributed by atoms with Crippen LogP contribution < -0.4 is 10.1 Å². The molecule has 0 saturated carbocycles. The normalized spacial score (nSPS) is 10.6. The number of oxazole rings is 1. The van der Waals surface area contributed by atoms with Crippen LogP contribution in [0, 0.1) is 0 Å². The SMILES string of the molecule is COc1ccc(CC(=O)Nc2oc(-c3ccccc3)nc2-c2cccc(S)c2)c(O)c1. The van der Waals surface area contributed by atoms with Crippen LogP contribution in [0.5, 0.6) is 11.5 Å². The Balaban J connectivity index is 1.65. The number of carbonyl (C=O) groups is 1. The summed E-state index contributed by atoms with van der Waals surface area (Å²) < 4.78 is 11.0. The first-order valence-electron chi connectivity index (χ1n) is 9.55. The van der Waals surface area contributed by atoms with Crippen molar-refractivity contribution in [3.05, 3.63) is 78.4 Å². The fourth-order valence-electron chi connectivity index (χ4n) is 3.12. The Labute approximate surface area is 184 Å². The van der Waals surface area contributed by atoms with Crippen LogP contribution in [-0.2, 0) is 11.2 Å². The van der Waals surface area contributed by atoms with Gasteiger partial charge in [-0.2, -0.15) is 0 Å². The number of aromatic nitrogens is 1. The molecule has 0 aliphatic rings. The van der Waals surface area contributed by atoms with Crippen molar-refractivity contribution in [1.29, 1.82) is 0 Å². The number of ether oxygens (including phenoxy) is 1. The number of hydrogen-bond acceptors (Lipinski definition) is 6. The summed E-state index contributed by atoms with van der Waals surface area (Å²) in [6.45, 7) is 0. The Kier molecular flexibility index (Phi) is 5.95. The van der Waals surface area contributed by atoms with Gasteiger partial charge in [0.1, 0.15) is 17.2 Å². The van der Waals surface area contributed by atoms with Crippen LogP contribution >= 0.6 is 12.6 Å². The van der Waals surface area contributed by atoms with Gasteiger partial charge in [-0.1, -0.05) is 36.4 Å². The molecule has 6 nitrogen and oxygen atoms in total. The van der Waals surface area contributed by atoms with Gasteiger partial charge in [-0.3, -0.25) is 10.1 Å². The minimum Gasteiger partial charge on any atom is -0.508 e. The van der Waals surface area contributed by atoms with Gasteiger partial charge in [0.2, 0.25) is 17.7 Å². The number of rotatable bonds is 6. The number of phenols is 1. The lowest BCUT2D eigenvalue weighted by Gasteiger charge is -2.08. The van der Waals surface area contributed by atoms with Crippen molar-refractivity contribution in [2.45, 2.75) is 11.3 Å². The molecule has 3 aromatic carbocycles. The van der Waals surface area contributed by atoms with Gasteiger partial charge in [-0.15, -0.1) is 12.6 Å². The first-order valence-corrected chi connectivity index (χ1v) is 9.99. The summed E-state index contributed by atoms with van der Waals surface area (Å²) in [6.07, 6.45) is -0.0384. The van der Waals surface area contributed by atoms with E-state index >= 15 is 0 Å². The molecule has 2 N–H and O–H groups in total. The average molecular weight is 433 g/mol. The molecule has 4 rings (SSSR count). The van der Waals surface area contributed by atoms with Crippen LogP contribution in [-0.4, -0.2) is 23.1 Å². The summed E-state index contributed by atoms with van der Waals surface area (Å²) in [7, 11) is 1.51. The zero-order valence-corrected chi connectivity index (χ0v) is 17.6. The smallest absolute Gasteiger partial charge is 0.231 e. The van der Waals surface area contributed by atoms with E-state index in [1.54, 1.807) is 12.1 Å². The third kappa shape index (κ3) is 4.73. The number of nitrogens with one attached hydrogen (secondary N) is 1. The van der Waals surface area contributed by atoms with Gasteiger partial charge in [-0.05, 0) is 30.3 Å². The first-order chi connectivity index (χ1) is 15.0. The molecule has 7 heteroatoms. The highest BCUT2D eigenvalue weighted by Gasteiger charge is 2.19. The number of carbonyl (C=O) groups excluding carboxylic acids is 1. The molecule has 31 heavy (non-hydrogen) atoms. The van der Waals surface area contributed by atoms with Crippen molar-refractivity contribution in [2.75, 3.05) is 12.4 Å². The van der Waals surface area contributed by atoms with E-state index in [1.165, 1.54) is 13.2 Å². The summed E-state index contributed by atoms with van der Waals surface area (Å²) in [4.78, 5) is 18.1. The van der Waals surface area contributed by atoms with Crippen LogP contribution in [0.15, 0.2) is 82.1 Å². The largest absolute Gasteiger partial charge is 0.508 e. The molecule has 0 saturated heterocycles. The van der Waals surface area contributed by atoms with Gasteiger partial charge < -0.3 is 14.3 Å². The molecule has 4 aromatic rings. The van der Waals surface area contributed by atoms with Crippen LogP contribution in [0.4, 0.5) is 5.88 Å². The standard InChI is InChI=1S/C24H20N2O4S/c1-29-18-11-10-16(20(27)14-18)13-21(28)25-24-22(17-8-5-9-19(31)12-17)26-23(30-24)15-6-3-2-4-7-15/h2-12,14,27,31H,13H2,1H3,(H,25,28). The van der Waals surface area contributed by atoms with E-state index in [0.29, 0.717) is 22.9 Å². The van der Waals surface area contributed by atoms with E-state index in [0.717, 1.165) is 16.0 Å². The number of methoxy groups -OCH3 is 1. The van der Waals surface area contributed by atoms with E-state index < -0.39 is 0 Å². The molecule has 0 aliphatic carbocycles. The minimum atomic E-state index is -0.348. The number of anilines is 1. The van der Waals surface area contributed by atoms with Crippen molar-refractivity contribution in [3.8, 4) is 34.2 Å². The van der Waals surface area contributed by atoms with E-state index in [9.17, 15) is 9.90 Å². The second-order valence-electron chi connectivity index (χ2n) is 6.83.